The molecule has 3 saturated carbocycles. The van der Waals surface area contributed by atoms with Crippen LogP contribution in [-0.2, 0) is 71.7 Å². The number of benzene rings is 7. The van der Waals surface area contributed by atoms with E-state index >= 15 is 0 Å². The van der Waals surface area contributed by atoms with E-state index < -0.39 is 33.6 Å². The second-order valence-corrected chi connectivity index (χ2v) is 40.3. The third-order valence-electron chi connectivity index (χ3n) is 27.4. The van der Waals surface area contributed by atoms with Crippen molar-refractivity contribution in [3.8, 4) is 39.4 Å². The van der Waals surface area contributed by atoms with Gasteiger partial charge in [-0.1, -0.05) is 169 Å². The third-order valence-corrected chi connectivity index (χ3v) is 30.9. The molecule has 11 heterocycles. The maximum Gasteiger partial charge on any atom is 0.266 e. The highest BCUT2D eigenvalue weighted by Gasteiger charge is 2.60. The van der Waals surface area contributed by atoms with Gasteiger partial charge >= 0.3 is 0 Å². The van der Waals surface area contributed by atoms with Crippen LogP contribution in [0.2, 0.25) is 10.0 Å². The number of likely N-dealkylation sites (N-methyl/N-ethyl adjacent to an activating group) is 1. The van der Waals surface area contributed by atoms with E-state index in [-0.39, 0.29) is 84.2 Å². The highest BCUT2D eigenvalue weighted by Crippen LogP contribution is 2.54. The second kappa shape index (κ2) is 40.7. The number of guanidine groups is 5. The number of aliphatic imine (C=N–C) groups is 5. The lowest BCUT2D eigenvalue weighted by Crippen LogP contribution is -2.52. The topological polar surface area (TPSA) is 388 Å². The second-order valence-electron chi connectivity index (χ2n) is 36.7. The fourth-order valence-corrected chi connectivity index (χ4v) is 21.9. The summed E-state index contributed by atoms with van der Waals surface area (Å²) in [5.41, 5.74) is 41.3. The van der Waals surface area contributed by atoms with E-state index in [9.17, 15) is 28.8 Å². The van der Waals surface area contributed by atoms with E-state index in [4.69, 9.17) is 71.6 Å². The Kier molecular flexibility index (Phi) is 28.4. The smallest absolute Gasteiger partial charge is 0.266 e. The average molecular weight is 2020 g/mol. The van der Waals surface area contributed by atoms with Gasteiger partial charge in [-0.05, 0) is 233 Å². The van der Waals surface area contributed by atoms with E-state index in [2.05, 4.69) is 104 Å². The van der Waals surface area contributed by atoms with Crippen LogP contribution in [0.5, 0.6) is 5.88 Å². The largest absolute Gasteiger partial charge is 0.480 e. The lowest BCUT2D eigenvalue weighted by Gasteiger charge is -2.40. The zero-order chi connectivity index (χ0) is 98.7. The summed E-state index contributed by atoms with van der Waals surface area (Å²) >= 11 is 19.0. The number of aryl methyl sites for hydroxylation is 1. The number of rotatable bonds is 20. The van der Waals surface area contributed by atoms with Gasteiger partial charge in [-0.2, -0.15) is 0 Å². The summed E-state index contributed by atoms with van der Waals surface area (Å²) in [6.45, 7) is 6.56. The Morgan fingerprint density at radius 1 is 0.529 bits per heavy atom. The minimum Gasteiger partial charge on any atom is -0.480 e. The van der Waals surface area contributed by atoms with Gasteiger partial charge in [0.1, 0.15) is 16.1 Å². The number of methoxy groups -OCH3 is 1. The van der Waals surface area contributed by atoms with Crippen molar-refractivity contribution in [2.75, 3.05) is 34.8 Å². The first kappa shape index (κ1) is 97.5. The number of thiophene rings is 2. The molecular weight excluding hydrogens is 1910 g/mol. The van der Waals surface area contributed by atoms with Crippen molar-refractivity contribution in [3.63, 3.8) is 0 Å². The number of hydrogen-bond acceptors (Lipinski definition) is 23. The molecule has 21 rings (SSSR count). The zero-order valence-electron chi connectivity index (χ0n) is 78.7. The van der Waals surface area contributed by atoms with E-state index in [1.165, 1.54) is 62.9 Å². The highest BCUT2D eigenvalue weighted by atomic mass is 79.9. The van der Waals surface area contributed by atoms with Crippen LogP contribution in [0.1, 0.15) is 161 Å². The van der Waals surface area contributed by atoms with Crippen LogP contribution in [0.4, 0.5) is 0 Å². The molecule has 0 radical (unpaired) electrons. The van der Waals surface area contributed by atoms with Gasteiger partial charge in [0.25, 0.3) is 17.7 Å². The Morgan fingerprint density at radius 3 is 1.78 bits per heavy atom. The molecule has 13 aromatic rings. The van der Waals surface area contributed by atoms with Crippen molar-refractivity contribution >= 4 is 138 Å². The Bertz CT molecular complexity index is 7000. The Labute approximate surface area is 838 Å². The Hall–Kier alpha value is -14.1. The number of hydrogen-bond donors (Lipinski definition) is 6. The molecule has 28 nitrogen and oxygen atoms in total. The van der Waals surface area contributed by atoms with Crippen molar-refractivity contribution in [2.24, 2.45) is 66.6 Å². The molecular formula is C107H108BrCl2N21O7S2. The number of nitrogens with two attached hydrogens (primary N) is 5. The molecule has 8 aliphatic rings. The first-order valence-corrected chi connectivity index (χ1v) is 49.6. The molecule has 0 saturated heterocycles. The number of carbonyl (C=O) groups excluding carboxylic acids is 6. The zero-order valence-corrected chi connectivity index (χ0v) is 83.5. The van der Waals surface area contributed by atoms with Gasteiger partial charge in [0.15, 0.2) is 40.9 Å². The molecule has 7 aromatic carbocycles. The van der Waals surface area contributed by atoms with Crippen LogP contribution >= 0.6 is 61.8 Å². The summed E-state index contributed by atoms with van der Waals surface area (Å²) in [6, 6.07) is 66.7. The fourth-order valence-electron chi connectivity index (χ4n) is 18.7. The van der Waals surface area contributed by atoms with Crippen molar-refractivity contribution in [1.82, 2.24) is 54.3 Å². The molecule has 2 unspecified atom stereocenters. The van der Waals surface area contributed by atoms with Crippen molar-refractivity contribution in [3.05, 3.63) is 335 Å². The summed E-state index contributed by atoms with van der Waals surface area (Å²) < 4.78 is 8.16. The van der Waals surface area contributed by atoms with Crippen LogP contribution in [0.25, 0.3) is 44.4 Å². The number of nitrogens with zero attached hydrogens (tertiary/aromatic N) is 15. The van der Waals surface area contributed by atoms with Crippen LogP contribution < -0.4 is 38.7 Å². The first-order chi connectivity index (χ1) is 67.3. The van der Waals surface area contributed by atoms with Gasteiger partial charge in [-0.15, -0.1) is 22.7 Å². The molecule has 0 spiro atoms. The van der Waals surface area contributed by atoms with Crippen molar-refractivity contribution in [1.29, 1.82) is 0 Å². The van der Waals surface area contributed by atoms with E-state index in [1.807, 2.05) is 178 Å². The van der Waals surface area contributed by atoms with Gasteiger partial charge in [0.2, 0.25) is 23.6 Å². The molecule has 5 aliphatic heterocycles. The minimum atomic E-state index is -1.26. The van der Waals surface area contributed by atoms with Gasteiger partial charge in [0.05, 0.1) is 49.8 Å². The van der Waals surface area contributed by atoms with Crippen LogP contribution in [0.15, 0.2) is 290 Å². The number of pyridine rings is 2. The van der Waals surface area contributed by atoms with Crippen LogP contribution in [0.3, 0.4) is 0 Å². The number of nitrogens with one attached hydrogen (secondary N) is 1. The highest BCUT2D eigenvalue weighted by molar-refractivity contribution is 9.10. The van der Waals surface area contributed by atoms with Gasteiger partial charge < -0.3 is 43.3 Å². The Morgan fingerprint density at radius 2 is 1.15 bits per heavy atom. The Balaban J connectivity index is 0.000000122. The summed E-state index contributed by atoms with van der Waals surface area (Å²) in [6.07, 6.45) is 22.6. The summed E-state index contributed by atoms with van der Waals surface area (Å²) in [5, 5.41) is 9.24. The fraction of sp³-hybridized carbons (Fsp3) is 0.280. The van der Waals surface area contributed by atoms with Crippen molar-refractivity contribution in [2.45, 2.75) is 144 Å². The molecule has 140 heavy (non-hydrogen) atoms. The molecule has 0 bridgehead atoms. The third kappa shape index (κ3) is 19.7. The average Bonchev–Trinajstić information content (AvgIpc) is 1.55. The standard InChI is InChI=1S/C30H27N5O2.C24H25N5OS.C22H22ClN3O.C16H17ClN4O2S.C15H17BrN4O/c31-29-34-30(25-12-3-1-4-13-25,26-14-5-2-6-15-26)28(37)35(29)21-23-9-7-11-24(19-23)27(36)33-18-16-22-10-8-17-32-20-22;1-24(20-12-18(14-31-20)19-13-26-10-11-27-19)21(22(30)29(2)23(25)28-24)17-8-6-16(7-9-17)15-4-3-5-15;23-18-7-2-5-15(13-18)14-4-1-6-17(12-14)22(16-10-11-16)20(27)26(21(24)25-22)19-8-3-9-19;1-16(6-13(22)21(2)15(18)20-16)12-5-10(8-24-12)9-4-11(17)14(23-3)19-7-9;1-15(7-13(21)20(3)14(17)18-15)9-4-5-12-10(6-9)11(16)8-19(12)2/h1-15,17,19-20H,16,18,21H2,(H2,31,34)(H,33,36);6-15,21H,3-5H2,1-2H3,(H2,25,28);1-2,4-7,12-13,16,19H,3,8-11H2,(H2,24,25);4-5,7-8H,6H2,1-3H3,(H2,18,20);4-6,8H,7H2,1-3H3,(H2,17,18)/t;21?,24-;;16-;15-/m.1.00/s1. The molecule has 6 amide bonds. The normalized spacial score (nSPS) is 21.0. The van der Waals surface area contributed by atoms with Gasteiger partial charge in [0, 0.05) is 130 Å². The van der Waals surface area contributed by atoms with E-state index in [1.54, 1.807) is 98.8 Å². The molecule has 5 atom stereocenters. The first-order valence-electron chi connectivity index (χ1n) is 46.3. The number of carbonyl (C=O) groups is 6. The SMILES string of the molecule is CN1C(=O)C(c2ccc(C3CCC3)cc2)[C@@](C)(c2cc(-c3cnccn3)cs2)N=C1N.CN1C(=O)C[C@@](C)(c2ccc3c(c2)c(Br)cn3C)N=C1N.COc1ncc(-c2csc([C@]3(C)CC(=O)N(C)C(N)=N3)c2)cc1Cl.NC1=NC(c2cccc(-c3cccc(Cl)c3)c2)(C2CC2)C(=O)N1C1CCC1.NC1=NC(c2ccccc2)(c2ccccc2)C(=O)N1Cc1cccc(C(=O)NCCc2cccnc2)c1. The van der Waals surface area contributed by atoms with Crippen molar-refractivity contribution < 1.29 is 33.5 Å². The molecule has 33 heteroatoms. The molecule has 3 aliphatic carbocycles. The lowest BCUT2D eigenvalue weighted by atomic mass is 9.76. The monoisotopic (exact) mass is 2010 g/mol. The van der Waals surface area contributed by atoms with E-state index in [0.29, 0.717) is 52.8 Å². The molecule has 6 aromatic heterocycles. The summed E-state index contributed by atoms with van der Waals surface area (Å²) in [4.78, 5) is 128. The summed E-state index contributed by atoms with van der Waals surface area (Å²) in [5.74, 6) is 1.67. The molecule has 3 fully saturated rings. The van der Waals surface area contributed by atoms with Gasteiger partial charge in [-0.3, -0.25) is 68.2 Å². The quantitative estimate of drug-likeness (QED) is 0.0413. The number of halogens is 3. The van der Waals surface area contributed by atoms with E-state index in [0.717, 1.165) is 130 Å². The molecule has 11 N–H and O–H groups in total. The number of aromatic nitrogens is 5. The summed E-state index contributed by atoms with van der Waals surface area (Å²) in [7, 11) is 8.50. The van der Waals surface area contributed by atoms with Gasteiger partial charge in [-0.25, -0.2) is 29.9 Å². The minimum absolute atomic E-state index is 0.0165. The predicted octanol–water partition coefficient (Wildman–Crippen LogP) is 17.4. The maximum atomic E-state index is 14.0. The molecule has 716 valence electrons. The lowest BCUT2D eigenvalue weighted by molar-refractivity contribution is -0.135. The number of amides is 6. The van der Waals surface area contributed by atoms with Crippen LogP contribution in [-0.4, -0.2) is 155 Å². The number of ether oxygens (including phenoxy) is 1. The number of fused-ring (bicyclic) bond motifs is 1. The predicted molar refractivity (Wildman–Crippen MR) is 555 cm³/mol. The maximum absolute atomic E-state index is 14.0. The van der Waals surface area contributed by atoms with Crippen LogP contribution in [0, 0.1) is 5.92 Å².